The van der Waals surface area contributed by atoms with Crippen molar-refractivity contribution in [2.45, 2.75) is 20.0 Å². The van der Waals surface area contributed by atoms with Gasteiger partial charge in [0.25, 0.3) is 11.8 Å². The van der Waals surface area contributed by atoms with E-state index in [1.807, 2.05) is 19.1 Å². The Kier molecular flexibility index (Phi) is 8.32. The van der Waals surface area contributed by atoms with Gasteiger partial charge in [-0.2, -0.15) is 13.2 Å². The molecule has 3 heterocycles. The largest absolute Gasteiger partial charge is 0.416 e. The van der Waals surface area contributed by atoms with E-state index in [4.69, 9.17) is 5.73 Å². The molecule has 0 saturated carbocycles. The SMILES string of the molecule is C=C/C=C\C(=C/C)CNC(=O)c1cnc(N)c2c(-c3ccc(C(=O)Nc4cc(C(F)(F)F)ccn4)cc3)nc(C)n12. The molecule has 3 aromatic heterocycles. The number of hydrogen-bond donors (Lipinski definition) is 3. The van der Waals surface area contributed by atoms with E-state index in [1.54, 1.807) is 35.6 Å². The third-order valence-corrected chi connectivity index (χ3v) is 6.11. The number of allylic oxidation sites excluding steroid dienone is 3. The molecule has 4 N–H and O–H groups in total. The van der Waals surface area contributed by atoms with Gasteiger partial charge in [-0.25, -0.2) is 15.0 Å². The minimum absolute atomic E-state index is 0.151. The van der Waals surface area contributed by atoms with Gasteiger partial charge in [-0.1, -0.05) is 43.0 Å². The van der Waals surface area contributed by atoms with Crippen LogP contribution in [0.4, 0.5) is 24.8 Å². The molecule has 9 nitrogen and oxygen atoms in total. The second kappa shape index (κ2) is 11.9. The zero-order valence-corrected chi connectivity index (χ0v) is 22.2. The molecule has 0 aliphatic heterocycles. The summed E-state index contributed by atoms with van der Waals surface area (Å²) in [4.78, 5) is 38.3. The number of benzene rings is 1. The lowest BCUT2D eigenvalue weighted by Gasteiger charge is -2.10. The van der Waals surface area contributed by atoms with Gasteiger partial charge in [-0.05, 0) is 43.7 Å². The highest BCUT2D eigenvalue weighted by Crippen LogP contribution is 2.31. The van der Waals surface area contributed by atoms with Crippen LogP contribution in [-0.2, 0) is 6.18 Å². The van der Waals surface area contributed by atoms with E-state index in [1.165, 1.54) is 18.3 Å². The van der Waals surface area contributed by atoms with Crippen molar-refractivity contribution in [1.29, 1.82) is 0 Å². The number of hydrogen-bond acceptors (Lipinski definition) is 6. The smallest absolute Gasteiger partial charge is 0.382 e. The molecule has 0 aliphatic carbocycles. The van der Waals surface area contributed by atoms with Gasteiger partial charge >= 0.3 is 6.18 Å². The van der Waals surface area contributed by atoms with Crippen LogP contribution < -0.4 is 16.4 Å². The van der Waals surface area contributed by atoms with Crippen LogP contribution in [-0.4, -0.2) is 37.7 Å². The number of amides is 2. The van der Waals surface area contributed by atoms with Crippen LogP contribution in [0.5, 0.6) is 0 Å². The predicted octanol–water partition coefficient (Wildman–Crippen LogP) is 5.37. The maximum atomic E-state index is 13.1. The molecule has 0 fully saturated rings. The Bertz CT molecular complexity index is 1690. The first-order valence-electron chi connectivity index (χ1n) is 12.3. The molecular formula is C29H26F3N7O2. The lowest BCUT2D eigenvalue weighted by molar-refractivity contribution is -0.137. The van der Waals surface area contributed by atoms with Gasteiger partial charge in [0.15, 0.2) is 0 Å². The van der Waals surface area contributed by atoms with Crippen molar-refractivity contribution >= 4 is 29.0 Å². The van der Waals surface area contributed by atoms with Gasteiger partial charge in [0.2, 0.25) is 0 Å². The number of alkyl halides is 3. The molecule has 4 rings (SSSR count). The maximum absolute atomic E-state index is 13.1. The molecule has 1 aromatic carbocycles. The molecular weight excluding hydrogens is 535 g/mol. The number of imidazole rings is 1. The average Bonchev–Trinajstić information content (AvgIpc) is 3.31. The van der Waals surface area contributed by atoms with Crippen LogP contribution in [0.25, 0.3) is 16.8 Å². The number of nitrogen functional groups attached to an aromatic ring is 1. The molecule has 0 unspecified atom stereocenters. The van der Waals surface area contributed by atoms with Gasteiger partial charge < -0.3 is 16.4 Å². The predicted molar refractivity (Wildman–Crippen MR) is 150 cm³/mol. The van der Waals surface area contributed by atoms with E-state index in [0.717, 1.165) is 23.9 Å². The molecule has 0 saturated heterocycles. The van der Waals surface area contributed by atoms with Crippen LogP contribution in [0, 0.1) is 6.92 Å². The quantitative estimate of drug-likeness (QED) is 0.248. The van der Waals surface area contributed by atoms with E-state index in [9.17, 15) is 22.8 Å². The zero-order valence-electron chi connectivity index (χ0n) is 22.2. The molecule has 41 heavy (non-hydrogen) atoms. The molecule has 0 aliphatic rings. The van der Waals surface area contributed by atoms with Gasteiger partial charge in [0.1, 0.15) is 34.4 Å². The summed E-state index contributed by atoms with van der Waals surface area (Å²) in [5.74, 6) is -0.608. The zero-order chi connectivity index (χ0) is 29.7. The average molecular weight is 562 g/mol. The summed E-state index contributed by atoms with van der Waals surface area (Å²) < 4.78 is 40.5. The third kappa shape index (κ3) is 6.32. The Balaban J connectivity index is 1.59. The van der Waals surface area contributed by atoms with Gasteiger partial charge in [0.05, 0.1) is 11.8 Å². The minimum Gasteiger partial charge on any atom is -0.382 e. The molecule has 0 bridgehead atoms. The van der Waals surface area contributed by atoms with Crippen molar-refractivity contribution in [3.63, 3.8) is 0 Å². The van der Waals surface area contributed by atoms with Gasteiger partial charge in [0, 0.05) is 23.9 Å². The summed E-state index contributed by atoms with van der Waals surface area (Å²) >= 11 is 0. The number of carbonyl (C=O) groups excluding carboxylic acids is 2. The molecule has 0 radical (unpaired) electrons. The summed E-state index contributed by atoms with van der Waals surface area (Å²) in [6.45, 7) is 7.51. The van der Waals surface area contributed by atoms with Crippen LogP contribution in [0.15, 0.2) is 85.2 Å². The van der Waals surface area contributed by atoms with E-state index >= 15 is 0 Å². The first-order chi connectivity index (χ1) is 19.5. The molecule has 0 spiro atoms. The fourth-order valence-corrected chi connectivity index (χ4v) is 4.04. The van der Waals surface area contributed by atoms with Gasteiger partial charge in [-0.3, -0.25) is 14.0 Å². The van der Waals surface area contributed by atoms with Crippen LogP contribution in [0.2, 0.25) is 0 Å². The summed E-state index contributed by atoms with van der Waals surface area (Å²) in [7, 11) is 0. The first-order valence-corrected chi connectivity index (χ1v) is 12.3. The lowest BCUT2D eigenvalue weighted by Crippen LogP contribution is -2.27. The minimum atomic E-state index is -4.56. The number of pyridine rings is 1. The van der Waals surface area contributed by atoms with E-state index in [-0.39, 0.29) is 35.3 Å². The topological polar surface area (TPSA) is 127 Å². The van der Waals surface area contributed by atoms with Crippen molar-refractivity contribution < 1.29 is 22.8 Å². The molecule has 12 heteroatoms. The second-order valence-electron chi connectivity index (χ2n) is 8.82. The summed E-state index contributed by atoms with van der Waals surface area (Å²) in [5.41, 5.74) is 8.02. The molecule has 2 amide bonds. The number of rotatable bonds is 8. The Morgan fingerprint density at radius 1 is 1.12 bits per heavy atom. The van der Waals surface area contributed by atoms with Crippen LogP contribution in [0.1, 0.15) is 39.2 Å². The van der Waals surface area contributed by atoms with Crippen LogP contribution in [0.3, 0.4) is 0 Å². The summed E-state index contributed by atoms with van der Waals surface area (Å²) in [5, 5.41) is 5.23. The van der Waals surface area contributed by atoms with Crippen molar-refractivity contribution in [1.82, 2.24) is 24.7 Å². The fourth-order valence-electron chi connectivity index (χ4n) is 4.04. The highest BCUT2D eigenvalue weighted by Gasteiger charge is 2.31. The number of anilines is 2. The molecule has 4 aromatic rings. The Hall–Kier alpha value is -5.26. The Morgan fingerprint density at radius 2 is 1.85 bits per heavy atom. The Labute approximate surface area is 233 Å². The van der Waals surface area contributed by atoms with Crippen molar-refractivity contribution in [2.75, 3.05) is 17.6 Å². The number of halogens is 3. The number of fused-ring (bicyclic) bond motifs is 1. The first kappa shape index (κ1) is 28.7. The number of aryl methyl sites for hydroxylation is 1. The van der Waals surface area contributed by atoms with Gasteiger partial charge in [-0.15, -0.1) is 0 Å². The molecule has 210 valence electrons. The summed E-state index contributed by atoms with van der Waals surface area (Å²) in [6, 6.07) is 7.80. The number of nitrogens with one attached hydrogen (secondary N) is 2. The lowest BCUT2D eigenvalue weighted by atomic mass is 10.1. The van der Waals surface area contributed by atoms with Crippen molar-refractivity contribution in [3.8, 4) is 11.3 Å². The molecule has 0 atom stereocenters. The van der Waals surface area contributed by atoms with Crippen molar-refractivity contribution in [2.24, 2.45) is 0 Å². The maximum Gasteiger partial charge on any atom is 0.416 e. The van der Waals surface area contributed by atoms with E-state index < -0.39 is 17.6 Å². The number of nitrogens with two attached hydrogens (primary N) is 1. The number of nitrogens with zero attached hydrogens (tertiary/aromatic N) is 4. The highest BCUT2D eigenvalue weighted by molar-refractivity contribution is 6.04. The number of carbonyl (C=O) groups is 2. The van der Waals surface area contributed by atoms with E-state index in [0.29, 0.717) is 22.6 Å². The standard InChI is InChI=1S/C29H26F3N7O2/c1-4-6-7-18(5-2)15-36-28(41)22-16-35-26(33)25-24(37-17(3)39(22)25)19-8-10-20(11-9-19)27(40)38-23-14-21(12-13-34-23)29(30,31)32/h4-14,16H,1,15H2,2-3H3,(H2,33,35)(H,36,41)(H,34,38,40)/b7-6-,18-5+. The number of aromatic nitrogens is 4. The Morgan fingerprint density at radius 3 is 2.51 bits per heavy atom. The fraction of sp³-hybridized carbons (Fsp3) is 0.138. The van der Waals surface area contributed by atoms with Crippen molar-refractivity contribution in [3.05, 3.63) is 108 Å². The van der Waals surface area contributed by atoms with E-state index in [2.05, 4.69) is 32.2 Å². The normalized spacial score (nSPS) is 12.1. The third-order valence-electron chi connectivity index (χ3n) is 6.11. The highest BCUT2D eigenvalue weighted by atomic mass is 19.4. The monoisotopic (exact) mass is 561 g/mol. The summed E-state index contributed by atoms with van der Waals surface area (Å²) in [6.07, 6.45) is 4.91. The van der Waals surface area contributed by atoms with Crippen LogP contribution >= 0.6 is 0 Å². The second-order valence-corrected chi connectivity index (χ2v) is 8.82.